The minimum atomic E-state index is -0.658. The average molecular weight is 252 g/mol. The molecule has 1 saturated carbocycles. The average Bonchev–Trinajstić information content (AvgIpc) is 3.15. The molecular weight excluding hydrogens is 228 g/mol. The zero-order chi connectivity index (χ0) is 13.3. The van der Waals surface area contributed by atoms with Crippen LogP contribution in [0.15, 0.2) is 0 Å². The Kier molecular flexibility index (Phi) is 3.64. The summed E-state index contributed by atoms with van der Waals surface area (Å²) in [5, 5.41) is 2.96. The Hall–Kier alpha value is -1.06. The maximum atomic E-state index is 12.7. The minimum Gasteiger partial charge on any atom is -0.342 e. The number of nitrogens with one attached hydrogen (secondary N) is 1. The zero-order valence-electron chi connectivity index (χ0n) is 11.7. The summed E-state index contributed by atoms with van der Waals surface area (Å²) in [4.78, 5) is 26.5. The maximum absolute atomic E-state index is 12.7. The summed E-state index contributed by atoms with van der Waals surface area (Å²) >= 11 is 0. The van der Waals surface area contributed by atoms with Crippen molar-refractivity contribution in [2.24, 2.45) is 5.92 Å². The molecule has 2 fully saturated rings. The molecule has 2 atom stereocenters. The minimum absolute atomic E-state index is 0.0169. The third kappa shape index (κ3) is 2.13. The highest BCUT2D eigenvalue weighted by Gasteiger charge is 2.49. The lowest BCUT2D eigenvalue weighted by molar-refractivity contribution is -0.139. The molecule has 0 bridgehead atoms. The molecule has 2 unspecified atom stereocenters. The van der Waals surface area contributed by atoms with Crippen LogP contribution in [-0.4, -0.2) is 34.8 Å². The second kappa shape index (κ2) is 4.90. The predicted molar refractivity (Wildman–Crippen MR) is 70.0 cm³/mol. The highest BCUT2D eigenvalue weighted by molar-refractivity contribution is 5.93. The van der Waals surface area contributed by atoms with Gasteiger partial charge in [0.2, 0.25) is 11.8 Å². The van der Waals surface area contributed by atoms with Crippen molar-refractivity contribution in [2.75, 3.05) is 6.54 Å². The Morgan fingerprint density at radius 1 is 1.28 bits per heavy atom. The molecule has 1 aliphatic heterocycles. The van der Waals surface area contributed by atoms with Crippen molar-refractivity contribution >= 4 is 11.8 Å². The zero-order valence-corrected chi connectivity index (χ0v) is 11.7. The van der Waals surface area contributed by atoms with Crippen LogP contribution in [0.3, 0.4) is 0 Å². The Balaban J connectivity index is 2.21. The van der Waals surface area contributed by atoms with E-state index in [4.69, 9.17) is 0 Å². The first-order valence-corrected chi connectivity index (χ1v) is 7.20. The number of hydrogen-bond donors (Lipinski definition) is 1. The molecule has 18 heavy (non-hydrogen) atoms. The summed E-state index contributed by atoms with van der Waals surface area (Å²) < 4.78 is 0. The van der Waals surface area contributed by atoms with Gasteiger partial charge in [0.05, 0.1) is 0 Å². The molecular formula is C14H24N2O2. The molecule has 4 nitrogen and oxygen atoms in total. The Morgan fingerprint density at radius 3 is 2.44 bits per heavy atom. The summed E-state index contributed by atoms with van der Waals surface area (Å²) in [6.07, 6.45) is 4.03. The topological polar surface area (TPSA) is 49.4 Å². The van der Waals surface area contributed by atoms with Crippen LogP contribution < -0.4 is 5.32 Å². The third-order valence-corrected chi connectivity index (χ3v) is 4.65. The fourth-order valence-corrected chi connectivity index (χ4v) is 3.08. The molecule has 0 aromatic heterocycles. The highest BCUT2D eigenvalue weighted by Crippen LogP contribution is 2.40. The first-order valence-electron chi connectivity index (χ1n) is 7.20. The normalized spacial score (nSPS) is 30.9. The molecule has 2 aliphatic rings. The van der Waals surface area contributed by atoms with Crippen molar-refractivity contribution in [1.82, 2.24) is 10.2 Å². The second-order valence-corrected chi connectivity index (χ2v) is 5.56. The second-order valence-electron chi connectivity index (χ2n) is 5.56. The molecule has 1 N–H and O–H groups in total. The highest BCUT2D eigenvalue weighted by atomic mass is 16.2. The maximum Gasteiger partial charge on any atom is 0.248 e. The number of nitrogens with zero attached hydrogens (tertiary/aromatic N) is 1. The van der Waals surface area contributed by atoms with Crippen LogP contribution in [0.1, 0.15) is 52.9 Å². The van der Waals surface area contributed by atoms with Crippen molar-refractivity contribution in [2.45, 2.75) is 64.5 Å². The van der Waals surface area contributed by atoms with Gasteiger partial charge in [-0.3, -0.25) is 9.59 Å². The number of hydrogen-bond acceptors (Lipinski definition) is 2. The summed E-state index contributed by atoms with van der Waals surface area (Å²) in [6.45, 7) is 6.72. The van der Waals surface area contributed by atoms with Crippen LogP contribution in [0.5, 0.6) is 0 Å². The van der Waals surface area contributed by atoms with E-state index < -0.39 is 5.54 Å². The van der Waals surface area contributed by atoms with Crippen LogP contribution in [0, 0.1) is 5.92 Å². The Morgan fingerprint density at radius 2 is 1.94 bits per heavy atom. The largest absolute Gasteiger partial charge is 0.342 e. The van der Waals surface area contributed by atoms with Crippen molar-refractivity contribution < 1.29 is 9.59 Å². The number of carbonyl (C=O) groups excluding carboxylic acids is 2. The van der Waals surface area contributed by atoms with Gasteiger partial charge in [0.25, 0.3) is 0 Å². The van der Waals surface area contributed by atoms with Gasteiger partial charge in [0.1, 0.15) is 5.54 Å². The Bertz CT molecular complexity index is 350. The summed E-state index contributed by atoms with van der Waals surface area (Å²) in [7, 11) is 0. The number of amides is 2. The molecule has 2 rings (SSSR count). The van der Waals surface area contributed by atoms with Crippen LogP contribution >= 0.6 is 0 Å². The SMILES string of the molecule is CCC1CC1N1CCC(=O)NC(CC)(CC)C1=O. The van der Waals surface area contributed by atoms with Gasteiger partial charge in [-0.15, -0.1) is 0 Å². The molecule has 1 aliphatic carbocycles. The standard InChI is InChI=1S/C14H24N2O2/c1-4-10-9-11(10)16-8-7-12(17)15-14(5-2,6-3)13(16)18/h10-11H,4-9H2,1-3H3,(H,15,17). The van der Waals surface area contributed by atoms with Gasteiger partial charge < -0.3 is 10.2 Å². The molecule has 0 aromatic rings. The van der Waals surface area contributed by atoms with Crippen LogP contribution in [-0.2, 0) is 9.59 Å². The molecule has 4 heteroatoms. The lowest BCUT2D eigenvalue weighted by Gasteiger charge is -2.34. The van der Waals surface area contributed by atoms with E-state index in [1.54, 1.807) is 0 Å². The van der Waals surface area contributed by atoms with E-state index in [9.17, 15) is 9.59 Å². The van der Waals surface area contributed by atoms with Crippen LogP contribution in [0.2, 0.25) is 0 Å². The summed E-state index contributed by atoms with van der Waals surface area (Å²) in [6, 6.07) is 0.382. The lowest BCUT2D eigenvalue weighted by atomic mass is 9.91. The van der Waals surface area contributed by atoms with E-state index in [0.717, 1.165) is 12.8 Å². The van der Waals surface area contributed by atoms with Gasteiger partial charge in [0.15, 0.2) is 0 Å². The molecule has 1 saturated heterocycles. The molecule has 102 valence electrons. The first kappa shape index (κ1) is 13.4. The molecule has 0 radical (unpaired) electrons. The molecule has 1 heterocycles. The molecule has 2 amide bonds. The van der Waals surface area contributed by atoms with Crippen LogP contribution in [0.4, 0.5) is 0 Å². The van der Waals surface area contributed by atoms with E-state index in [1.165, 1.54) is 0 Å². The van der Waals surface area contributed by atoms with Gasteiger partial charge in [-0.25, -0.2) is 0 Å². The quantitative estimate of drug-likeness (QED) is 0.827. The summed E-state index contributed by atoms with van der Waals surface area (Å²) in [5.41, 5.74) is -0.658. The van der Waals surface area contributed by atoms with Gasteiger partial charge in [-0.1, -0.05) is 27.2 Å². The van der Waals surface area contributed by atoms with Gasteiger partial charge in [-0.05, 0) is 25.2 Å². The van der Waals surface area contributed by atoms with E-state index in [0.29, 0.717) is 37.8 Å². The fraction of sp³-hybridized carbons (Fsp3) is 0.857. The third-order valence-electron chi connectivity index (χ3n) is 4.65. The van der Waals surface area contributed by atoms with E-state index >= 15 is 0 Å². The molecule has 0 spiro atoms. The van der Waals surface area contributed by atoms with Crippen molar-refractivity contribution in [1.29, 1.82) is 0 Å². The van der Waals surface area contributed by atoms with E-state index in [-0.39, 0.29) is 11.8 Å². The predicted octanol–water partition coefficient (Wildman–Crippen LogP) is 1.69. The van der Waals surface area contributed by atoms with Crippen LogP contribution in [0.25, 0.3) is 0 Å². The molecule has 0 aromatic carbocycles. The van der Waals surface area contributed by atoms with E-state index in [2.05, 4.69) is 12.2 Å². The summed E-state index contributed by atoms with van der Waals surface area (Å²) in [5.74, 6) is 0.802. The number of carbonyl (C=O) groups is 2. The van der Waals surface area contributed by atoms with Gasteiger partial charge in [0, 0.05) is 19.0 Å². The lowest BCUT2D eigenvalue weighted by Crippen LogP contribution is -2.57. The van der Waals surface area contributed by atoms with E-state index in [1.807, 2.05) is 18.7 Å². The number of rotatable bonds is 4. The van der Waals surface area contributed by atoms with Gasteiger partial charge in [-0.2, -0.15) is 0 Å². The van der Waals surface area contributed by atoms with Crippen molar-refractivity contribution in [3.63, 3.8) is 0 Å². The van der Waals surface area contributed by atoms with Gasteiger partial charge >= 0.3 is 0 Å². The first-order chi connectivity index (χ1) is 8.57. The van der Waals surface area contributed by atoms with Crippen molar-refractivity contribution in [3.05, 3.63) is 0 Å². The smallest absolute Gasteiger partial charge is 0.248 e. The van der Waals surface area contributed by atoms with Crippen molar-refractivity contribution in [3.8, 4) is 0 Å². The fourth-order valence-electron chi connectivity index (χ4n) is 3.08. The monoisotopic (exact) mass is 252 g/mol. The Labute approximate surface area is 109 Å².